The lowest BCUT2D eigenvalue weighted by atomic mass is 10.1. The van der Waals surface area contributed by atoms with Gasteiger partial charge in [0.1, 0.15) is 5.00 Å². The molecule has 1 saturated carbocycles. The number of hydrogen-bond acceptors (Lipinski definition) is 5. The number of amides is 2. The van der Waals surface area contributed by atoms with E-state index in [1.165, 1.54) is 0 Å². The van der Waals surface area contributed by atoms with Gasteiger partial charge in [-0.3, -0.25) is 9.59 Å². The van der Waals surface area contributed by atoms with Crippen LogP contribution in [-0.2, 0) is 9.53 Å². The molecule has 142 valence electrons. The molecule has 2 amide bonds. The standard InChI is InChI=1S/C19H19ClN2O4S/c1-3-26-19(25)14-10(2)15(27-18(14)22-16(23)11-7-8-11)17(24)21-13-6-4-5-12(20)9-13/h4-6,9,11H,3,7-8H2,1-2H3,(H,21,24)(H,22,23). The van der Waals surface area contributed by atoms with Gasteiger partial charge in [0.15, 0.2) is 0 Å². The molecule has 0 atom stereocenters. The lowest BCUT2D eigenvalue weighted by Crippen LogP contribution is -2.16. The first-order chi connectivity index (χ1) is 12.9. The first-order valence-corrected chi connectivity index (χ1v) is 9.78. The summed E-state index contributed by atoms with van der Waals surface area (Å²) in [6, 6.07) is 6.78. The van der Waals surface area contributed by atoms with E-state index in [-0.39, 0.29) is 29.9 Å². The third-order valence-corrected chi connectivity index (χ3v) is 5.54. The predicted octanol–water partition coefficient (Wildman–Crippen LogP) is 4.49. The van der Waals surface area contributed by atoms with Crippen molar-refractivity contribution in [2.24, 2.45) is 5.92 Å². The Morgan fingerprint density at radius 2 is 2.00 bits per heavy atom. The Kier molecular flexibility index (Phi) is 5.82. The van der Waals surface area contributed by atoms with Crippen LogP contribution in [0.15, 0.2) is 24.3 Å². The molecule has 0 unspecified atom stereocenters. The highest BCUT2D eigenvalue weighted by atomic mass is 35.5. The third kappa shape index (κ3) is 4.48. The summed E-state index contributed by atoms with van der Waals surface area (Å²) in [5, 5.41) is 6.39. The van der Waals surface area contributed by atoms with Gasteiger partial charge in [-0.05, 0) is 50.5 Å². The van der Waals surface area contributed by atoms with Crippen LogP contribution in [0.1, 0.15) is 45.4 Å². The fraction of sp³-hybridized carbons (Fsp3) is 0.316. The van der Waals surface area contributed by atoms with Crippen LogP contribution in [0.3, 0.4) is 0 Å². The average Bonchev–Trinajstić information content (AvgIpc) is 3.40. The van der Waals surface area contributed by atoms with Gasteiger partial charge in [-0.25, -0.2) is 4.79 Å². The summed E-state index contributed by atoms with van der Waals surface area (Å²) in [5.74, 6) is -1.09. The Morgan fingerprint density at radius 1 is 1.26 bits per heavy atom. The summed E-state index contributed by atoms with van der Waals surface area (Å²) in [7, 11) is 0. The number of halogens is 1. The number of nitrogens with one attached hydrogen (secondary N) is 2. The van der Waals surface area contributed by atoms with Crippen LogP contribution in [0.5, 0.6) is 0 Å². The highest BCUT2D eigenvalue weighted by Crippen LogP contribution is 2.37. The molecule has 2 N–H and O–H groups in total. The summed E-state index contributed by atoms with van der Waals surface area (Å²) in [6.45, 7) is 3.57. The molecule has 1 aromatic carbocycles. The van der Waals surface area contributed by atoms with E-state index >= 15 is 0 Å². The van der Waals surface area contributed by atoms with Crippen LogP contribution >= 0.6 is 22.9 Å². The fourth-order valence-corrected chi connectivity index (χ4v) is 3.86. The van der Waals surface area contributed by atoms with Crippen molar-refractivity contribution in [1.29, 1.82) is 0 Å². The normalized spacial score (nSPS) is 13.1. The van der Waals surface area contributed by atoms with Gasteiger partial charge >= 0.3 is 5.97 Å². The zero-order chi connectivity index (χ0) is 19.6. The molecule has 1 heterocycles. The van der Waals surface area contributed by atoms with Gasteiger partial charge in [0.25, 0.3) is 5.91 Å². The maximum atomic E-state index is 12.7. The molecule has 0 saturated heterocycles. The molecule has 2 aromatic rings. The average molecular weight is 407 g/mol. The van der Waals surface area contributed by atoms with E-state index in [0.717, 1.165) is 24.2 Å². The largest absolute Gasteiger partial charge is 0.462 e. The van der Waals surface area contributed by atoms with Crippen LogP contribution in [-0.4, -0.2) is 24.4 Å². The zero-order valence-corrected chi connectivity index (χ0v) is 16.5. The van der Waals surface area contributed by atoms with Gasteiger partial charge in [0.05, 0.1) is 17.0 Å². The molecule has 1 fully saturated rings. The SMILES string of the molecule is CCOC(=O)c1c(NC(=O)C2CC2)sc(C(=O)Nc2cccc(Cl)c2)c1C. The first-order valence-electron chi connectivity index (χ1n) is 8.59. The van der Waals surface area contributed by atoms with Crippen molar-refractivity contribution >= 4 is 51.4 Å². The lowest BCUT2D eigenvalue weighted by Gasteiger charge is -2.06. The van der Waals surface area contributed by atoms with Crippen LogP contribution in [0.4, 0.5) is 10.7 Å². The van der Waals surface area contributed by atoms with Gasteiger partial charge in [0.2, 0.25) is 5.91 Å². The summed E-state index contributed by atoms with van der Waals surface area (Å²) in [4.78, 5) is 37.6. The summed E-state index contributed by atoms with van der Waals surface area (Å²) in [5.41, 5.74) is 1.25. The van der Waals surface area contributed by atoms with Crippen molar-refractivity contribution in [3.63, 3.8) is 0 Å². The lowest BCUT2D eigenvalue weighted by molar-refractivity contribution is -0.117. The fourth-order valence-electron chi connectivity index (χ4n) is 2.58. The second-order valence-corrected chi connectivity index (χ2v) is 7.67. The van der Waals surface area contributed by atoms with Crippen molar-refractivity contribution in [2.45, 2.75) is 26.7 Å². The van der Waals surface area contributed by atoms with Gasteiger partial charge in [-0.15, -0.1) is 11.3 Å². The number of carbonyl (C=O) groups is 3. The molecule has 1 aliphatic rings. The highest BCUT2D eigenvalue weighted by molar-refractivity contribution is 7.19. The van der Waals surface area contributed by atoms with Crippen molar-refractivity contribution in [3.8, 4) is 0 Å². The number of esters is 1. The quantitative estimate of drug-likeness (QED) is 0.692. The number of hydrogen-bond donors (Lipinski definition) is 2. The maximum absolute atomic E-state index is 12.7. The summed E-state index contributed by atoms with van der Waals surface area (Å²) >= 11 is 7.01. The highest BCUT2D eigenvalue weighted by Gasteiger charge is 2.32. The van der Waals surface area contributed by atoms with E-state index in [2.05, 4.69) is 10.6 Å². The minimum Gasteiger partial charge on any atom is -0.462 e. The second-order valence-electron chi connectivity index (χ2n) is 6.21. The first kappa shape index (κ1) is 19.4. The second kappa shape index (κ2) is 8.10. The minimum atomic E-state index is -0.556. The Morgan fingerprint density at radius 3 is 2.63 bits per heavy atom. The molecular weight excluding hydrogens is 388 g/mol. The molecule has 6 nitrogen and oxygen atoms in total. The molecule has 1 aromatic heterocycles. The van der Waals surface area contributed by atoms with Crippen molar-refractivity contribution in [1.82, 2.24) is 0 Å². The molecule has 27 heavy (non-hydrogen) atoms. The van der Waals surface area contributed by atoms with Gasteiger partial charge in [-0.1, -0.05) is 17.7 Å². The van der Waals surface area contributed by atoms with Gasteiger partial charge in [0, 0.05) is 16.6 Å². The molecule has 0 spiro atoms. The van der Waals surface area contributed by atoms with E-state index < -0.39 is 5.97 Å². The maximum Gasteiger partial charge on any atom is 0.341 e. The van der Waals surface area contributed by atoms with Crippen molar-refractivity contribution < 1.29 is 19.1 Å². The number of carbonyl (C=O) groups excluding carboxylic acids is 3. The van der Waals surface area contributed by atoms with E-state index in [9.17, 15) is 14.4 Å². The minimum absolute atomic E-state index is 0.0220. The zero-order valence-electron chi connectivity index (χ0n) is 14.9. The predicted molar refractivity (Wildman–Crippen MR) is 106 cm³/mol. The monoisotopic (exact) mass is 406 g/mol. The smallest absolute Gasteiger partial charge is 0.341 e. The Labute approximate surface area is 165 Å². The van der Waals surface area contributed by atoms with Crippen molar-refractivity contribution in [3.05, 3.63) is 45.3 Å². The number of anilines is 2. The van der Waals surface area contributed by atoms with E-state index in [1.54, 1.807) is 38.1 Å². The number of benzene rings is 1. The molecule has 8 heteroatoms. The Hall–Kier alpha value is -2.38. The summed E-state index contributed by atoms with van der Waals surface area (Å²) < 4.78 is 5.10. The molecule has 1 aliphatic carbocycles. The van der Waals surface area contributed by atoms with Crippen LogP contribution in [0.2, 0.25) is 5.02 Å². The Bertz CT molecular complexity index is 905. The van der Waals surface area contributed by atoms with E-state index in [1.807, 2.05) is 0 Å². The topological polar surface area (TPSA) is 84.5 Å². The molecule has 0 bridgehead atoms. The van der Waals surface area contributed by atoms with Gasteiger partial charge < -0.3 is 15.4 Å². The number of ether oxygens (including phenoxy) is 1. The Balaban J connectivity index is 1.90. The third-order valence-electron chi connectivity index (χ3n) is 4.10. The van der Waals surface area contributed by atoms with E-state index in [4.69, 9.17) is 16.3 Å². The molecule has 0 aliphatic heterocycles. The van der Waals surface area contributed by atoms with Crippen LogP contribution in [0, 0.1) is 12.8 Å². The molecular formula is C19H19ClN2O4S. The number of thiophene rings is 1. The van der Waals surface area contributed by atoms with E-state index in [0.29, 0.717) is 26.2 Å². The van der Waals surface area contributed by atoms with Gasteiger partial charge in [-0.2, -0.15) is 0 Å². The molecule has 3 rings (SSSR count). The van der Waals surface area contributed by atoms with Crippen LogP contribution < -0.4 is 10.6 Å². The van der Waals surface area contributed by atoms with Crippen molar-refractivity contribution in [2.75, 3.05) is 17.2 Å². The molecule has 0 radical (unpaired) electrons. The van der Waals surface area contributed by atoms with Crippen LogP contribution in [0.25, 0.3) is 0 Å². The summed E-state index contributed by atoms with van der Waals surface area (Å²) in [6.07, 6.45) is 1.68. The number of rotatable bonds is 6.